The number of morpholine rings is 1. The zero-order valence-electron chi connectivity index (χ0n) is 18.2. The van der Waals surface area contributed by atoms with Crippen molar-refractivity contribution in [3.8, 4) is 6.01 Å². The molecule has 1 aliphatic heterocycles. The summed E-state index contributed by atoms with van der Waals surface area (Å²) in [6, 6.07) is 10.1. The Bertz CT molecular complexity index is 899. The molecule has 0 spiro atoms. The summed E-state index contributed by atoms with van der Waals surface area (Å²) in [5, 5.41) is 8.55. The van der Waals surface area contributed by atoms with Crippen LogP contribution in [0.5, 0.6) is 6.01 Å². The maximum absolute atomic E-state index is 11.5. The zero-order chi connectivity index (χ0) is 22.1. The first-order chi connectivity index (χ1) is 15.0. The summed E-state index contributed by atoms with van der Waals surface area (Å²) in [4.78, 5) is 23.7. The zero-order valence-corrected chi connectivity index (χ0v) is 18.2. The van der Waals surface area contributed by atoms with E-state index < -0.39 is 6.09 Å². The van der Waals surface area contributed by atoms with Crippen molar-refractivity contribution in [2.45, 2.75) is 13.5 Å². The van der Waals surface area contributed by atoms with Gasteiger partial charge in [0, 0.05) is 33.3 Å². The first-order valence-corrected chi connectivity index (χ1v) is 10.1. The molecule has 1 aliphatic rings. The van der Waals surface area contributed by atoms with E-state index >= 15 is 0 Å². The highest BCUT2D eigenvalue weighted by molar-refractivity contribution is 5.66. The average molecular weight is 428 g/mol. The number of carbonyl (C=O) groups is 1. The van der Waals surface area contributed by atoms with E-state index in [-0.39, 0.29) is 19.2 Å². The van der Waals surface area contributed by atoms with Gasteiger partial charge in [-0.1, -0.05) is 29.8 Å². The Morgan fingerprint density at radius 3 is 2.74 bits per heavy atom. The molecule has 0 N–H and O–H groups in total. The molecule has 0 aliphatic carbocycles. The van der Waals surface area contributed by atoms with E-state index in [9.17, 15) is 4.79 Å². The summed E-state index contributed by atoms with van der Waals surface area (Å²) in [6.45, 7) is 5.41. The first kappa shape index (κ1) is 22.4. The molecule has 0 radical (unpaired) electrons. The van der Waals surface area contributed by atoms with Crippen LogP contribution in [-0.2, 0) is 16.0 Å². The Labute approximate surface area is 181 Å². The molecule has 0 unspecified atom stereocenters. The lowest BCUT2D eigenvalue weighted by atomic mass is 10.1. The topological polar surface area (TPSA) is 102 Å². The minimum Gasteiger partial charge on any atom is -0.460 e. The summed E-state index contributed by atoms with van der Waals surface area (Å²) in [5.74, 6) is 1.10. The van der Waals surface area contributed by atoms with Crippen molar-refractivity contribution >= 4 is 17.7 Å². The Kier molecular flexibility index (Phi) is 8.11. The second-order valence-corrected chi connectivity index (χ2v) is 7.21. The highest BCUT2D eigenvalue weighted by atomic mass is 16.6. The van der Waals surface area contributed by atoms with Crippen molar-refractivity contribution in [2.75, 3.05) is 58.5 Å². The molecule has 1 saturated heterocycles. The van der Waals surface area contributed by atoms with Crippen molar-refractivity contribution in [3.05, 3.63) is 41.5 Å². The monoisotopic (exact) mass is 428 g/mol. The molecule has 1 fully saturated rings. The number of ether oxygens (including phenoxy) is 3. The van der Waals surface area contributed by atoms with Crippen LogP contribution in [0.4, 0.5) is 16.4 Å². The number of hydrogen-bond donors (Lipinski definition) is 0. The van der Waals surface area contributed by atoms with Gasteiger partial charge in [-0.25, -0.2) is 4.79 Å². The van der Waals surface area contributed by atoms with E-state index in [4.69, 9.17) is 14.2 Å². The molecule has 0 saturated carbocycles. The third-order valence-electron chi connectivity index (χ3n) is 4.43. The van der Waals surface area contributed by atoms with Crippen molar-refractivity contribution < 1.29 is 19.0 Å². The molecule has 166 valence electrons. The van der Waals surface area contributed by atoms with Crippen LogP contribution in [0.3, 0.4) is 0 Å². The number of anilines is 1. The molecule has 0 atom stereocenters. The Hall–Kier alpha value is -3.27. The molecule has 1 aromatic heterocycles. The average Bonchev–Trinajstić information content (AvgIpc) is 2.77. The van der Waals surface area contributed by atoms with E-state index in [0.29, 0.717) is 31.4 Å². The van der Waals surface area contributed by atoms with Crippen LogP contribution >= 0.6 is 0 Å². The van der Waals surface area contributed by atoms with Crippen LogP contribution in [0.2, 0.25) is 0 Å². The smallest absolute Gasteiger partial charge is 0.409 e. The van der Waals surface area contributed by atoms with E-state index in [2.05, 4.69) is 31.2 Å². The quantitative estimate of drug-likeness (QED) is 0.470. The van der Waals surface area contributed by atoms with Crippen LogP contribution in [-0.4, -0.2) is 74.6 Å². The number of nitrogens with zero attached hydrogens (tertiary/aromatic N) is 6. The van der Waals surface area contributed by atoms with Gasteiger partial charge in [0.2, 0.25) is 0 Å². The molecule has 0 bridgehead atoms. The van der Waals surface area contributed by atoms with Crippen molar-refractivity contribution in [3.63, 3.8) is 0 Å². The van der Waals surface area contributed by atoms with Crippen molar-refractivity contribution in [1.29, 1.82) is 0 Å². The fourth-order valence-corrected chi connectivity index (χ4v) is 2.86. The molecular weight excluding hydrogens is 400 g/mol. The third kappa shape index (κ3) is 7.18. The van der Waals surface area contributed by atoms with Crippen LogP contribution in [0.15, 0.2) is 40.6 Å². The second kappa shape index (κ2) is 11.2. The van der Waals surface area contributed by atoms with E-state index in [1.807, 2.05) is 25.1 Å². The lowest BCUT2D eigenvalue weighted by Crippen LogP contribution is -2.36. The molecular formula is C21H28N6O4. The van der Waals surface area contributed by atoms with Gasteiger partial charge in [0.25, 0.3) is 0 Å². The highest BCUT2D eigenvalue weighted by Gasteiger charge is 2.16. The van der Waals surface area contributed by atoms with Crippen LogP contribution < -0.4 is 9.64 Å². The summed E-state index contributed by atoms with van der Waals surface area (Å²) in [5.41, 5.74) is 2.25. The van der Waals surface area contributed by atoms with Crippen LogP contribution in [0.1, 0.15) is 11.1 Å². The van der Waals surface area contributed by atoms with E-state index in [1.165, 1.54) is 10.5 Å². The second-order valence-electron chi connectivity index (χ2n) is 7.21. The molecule has 2 heterocycles. The van der Waals surface area contributed by atoms with Crippen molar-refractivity contribution in [1.82, 2.24) is 14.9 Å². The number of aryl methyl sites for hydroxylation is 1. The maximum atomic E-state index is 11.5. The molecule has 2 aromatic rings. The molecule has 3 rings (SSSR count). The van der Waals surface area contributed by atoms with Crippen LogP contribution in [0.25, 0.3) is 0 Å². The minimum atomic E-state index is -0.433. The number of carbonyl (C=O) groups excluding carboxylic acids is 1. The molecule has 31 heavy (non-hydrogen) atoms. The van der Waals surface area contributed by atoms with Crippen LogP contribution in [0, 0.1) is 6.92 Å². The van der Waals surface area contributed by atoms with Gasteiger partial charge < -0.3 is 24.0 Å². The van der Waals surface area contributed by atoms with Gasteiger partial charge in [-0.15, -0.1) is 5.11 Å². The predicted molar refractivity (Wildman–Crippen MR) is 115 cm³/mol. The third-order valence-corrected chi connectivity index (χ3v) is 4.43. The van der Waals surface area contributed by atoms with E-state index in [0.717, 1.165) is 18.7 Å². The number of aromatic nitrogens is 2. The number of amides is 1. The highest BCUT2D eigenvalue weighted by Crippen LogP contribution is 2.23. The molecule has 1 aromatic carbocycles. The lowest BCUT2D eigenvalue weighted by molar-refractivity contribution is 0.0995. The predicted octanol–water partition coefficient (Wildman–Crippen LogP) is 2.98. The van der Waals surface area contributed by atoms with Gasteiger partial charge in [0.05, 0.1) is 19.8 Å². The number of azo groups is 1. The Morgan fingerprint density at radius 1 is 1.19 bits per heavy atom. The fraction of sp³-hybridized carbons (Fsp3) is 0.476. The summed E-state index contributed by atoms with van der Waals surface area (Å²) in [6.07, 6.45) is -0.433. The summed E-state index contributed by atoms with van der Waals surface area (Å²) < 4.78 is 16.1. The van der Waals surface area contributed by atoms with Gasteiger partial charge in [-0.3, -0.25) is 0 Å². The standard InChI is InChI=1S/C21H28N6O4/c1-16-5-4-6-17(13-16)15-22-25-18-14-19(27-7-9-29-10-8-27)24-20(23-18)30-11-12-31-21(28)26(2)3/h4-6,13-14H,7-12,15H2,1-3H3. The van der Waals surface area contributed by atoms with Gasteiger partial charge in [-0.2, -0.15) is 15.1 Å². The summed E-state index contributed by atoms with van der Waals surface area (Å²) in [7, 11) is 3.23. The number of benzene rings is 1. The van der Waals surface area contributed by atoms with Gasteiger partial charge >= 0.3 is 12.1 Å². The normalized spacial score (nSPS) is 14.0. The number of rotatable bonds is 8. The lowest BCUT2D eigenvalue weighted by Gasteiger charge is -2.27. The fourth-order valence-electron chi connectivity index (χ4n) is 2.86. The van der Waals surface area contributed by atoms with Gasteiger partial charge in [0.15, 0.2) is 5.82 Å². The molecule has 10 nitrogen and oxygen atoms in total. The molecule has 1 amide bonds. The van der Waals surface area contributed by atoms with Gasteiger partial charge in [0.1, 0.15) is 19.0 Å². The SMILES string of the molecule is Cc1cccc(CN=Nc2cc(N3CCOCC3)nc(OCCOC(=O)N(C)C)n2)c1. The molecule has 10 heteroatoms. The largest absolute Gasteiger partial charge is 0.460 e. The van der Waals surface area contributed by atoms with Gasteiger partial charge in [-0.05, 0) is 12.5 Å². The maximum Gasteiger partial charge on any atom is 0.409 e. The van der Waals surface area contributed by atoms with E-state index in [1.54, 1.807) is 20.2 Å². The Balaban J connectivity index is 1.68. The van der Waals surface area contributed by atoms with Crippen molar-refractivity contribution in [2.24, 2.45) is 10.2 Å². The number of hydrogen-bond acceptors (Lipinski definition) is 9. The minimum absolute atomic E-state index is 0.0896. The Morgan fingerprint density at radius 2 is 2.00 bits per heavy atom. The summed E-state index contributed by atoms with van der Waals surface area (Å²) >= 11 is 0. The first-order valence-electron chi connectivity index (χ1n) is 10.1.